The molecule has 1 aromatic rings. The van der Waals surface area contributed by atoms with Crippen LogP contribution in [0.4, 0.5) is 0 Å². The van der Waals surface area contributed by atoms with Crippen molar-refractivity contribution in [3.8, 4) is 0 Å². The first-order chi connectivity index (χ1) is 11.0. The number of halogens is 1. The molecule has 0 saturated carbocycles. The van der Waals surface area contributed by atoms with Crippen molar-refractivity contribution in [3.05, 3.63) is 35.4 Å². The minimum atomic E-state index is -0.236. The highest BCUT2D eigenvalue weighted by atomic mass is 127. The molecule has 0 amide bonds. The van der Waals surface area contributed by atoms with E-state index in [1.54, 1.807) is 0 Å². The van der Waals surface area contributed by atoms with Crippen LogP contribution in [0.2, 0.25) is 0 Å². The van der Waals surface area contributed by atoms with Gasteiger partial charge in [-0.25, -0.2) is 0 Å². The number of nitrogens with one attached hydrogen (secondary N) is 1. The zero-order chi connectivity index (χ0) is 16.8. The van der Waals surface area contributed by atoms with Gasteiger partial charge in [0.25, 0.3) is 0 Å². The average Bonchev–Trinajstić information content (AvgIpc) is 2.94. The Morgan fingerprint density at radius 1 is 1.38 bits per heavy atom. The van der Waals surface area contributed by atoms with Gasteiger partial charge in [-0.1, -0.05) is 29.8 Å². The van der Waals surface area contributed by atoms with Crippen molar-refractivity contribution in [2.45, 2.75) is 32.4 Å². The van der Waals surface area contributed by atoms with Crippen molar-refractivity contribution in [1.29, 1.82) is 0 Å². The van der Waals surface area contributed by atoms with Crippen molar-refractivity contribution in [2.24, 2.45) is 4.99 Å². The second-order valence-electron chi connectivity index (χ2n) is 6.47. The number of nitrogens with zero attached hydrogens (tertiary/aromatic N) is 3. The maximum absolute atomic E-state index is 9.75. The Morgan fingerprint density at radius 2 is 2.04 bits per heavy atom. The molecule has 1 saturated heterocycles. The number of rotatable bonds is 5. The zero-order valence-corrected chi connectivity index (χ0v) is 17.5. The topological polar surface area (TPSA) is 51.1 Å². The number of aryl methyl sites for hydroxylation is 1. The Labute approximate surface area is 163 Å². The van der Waals surface area contributed by atoms with Gasteiger partial charge >= 0.3 is 0 Å². The molecule has 0 radical (unpaired) electrons. The number of likely N-dealkylation sites (N-methyl/N-ethyl adjacent to an activating group) is 1. The lowest BCUT2D eigenvalue weighted by Crippen LogP contribution is -2.41. The van der Waals surface area contributed by atoms with Gasteiger partial charge in [0.05, 0.1) is 18.7 Å². The van der Waals surface area contributed by atoms with Crippen LogP contribution in [0.15, 0.2) is 29.3 Å². The molecule has 0 bridgehead atoms. The van der Waals surface area contributed by atoms with Crippen LogP contribution >= 0.6 is 24.0 Å². The minimum Gasteiger partial charge on any atom is -0.391 e. The molecule has 1 aromatic carbocycles. The molecule has 136 valence electrons. The molecule has 0 aromatic heterocycles. The predicted molar refractivity (Wildman–Crippen MR) is 111 cm³/mol. The summed E-state index contributed by atoms with van der Waals surface area (Å²) in [6.45, 7) is 7.25. The highest BCUT2D eigenvalue weighted by Gasteiger charge is 2.23. The molecule has 1 unspecified atom stereocenters. The number of hydrogen-bond donors (Lipinski definition) is 2. The Morgan fingerprint density at radius 3 is 2.54 bits per heavy atom. The van der Waals surface area contributed by atoms with E-state index in [2.05, 4.69) is 67.3 Å². The largest absolute Gasteiger partial charge is 0.391 e. The van der Waals surface area contributed by atoms with E-state index < -0.39 is 0 Å². The minimum absolute atomic E-state index is 0. The predicted octanol–water partition coefficient (Wildman–Crippen LogP) is 2.25. The lowest BCUT2D eigenvalue weighted by Gasteiger charge is -2.26. The smallest absolute Gasteiger partial charge is 0.194 e. The van der Waals surface area contributed by atoms with Gasteiger partial charge < -0.3 is 20.2 Å². The number of aliphatic imine (C=N–C) groups is 1. The van der Waals surface area contributed by atoms with Crippen LogP contribution in [0, 0.1) is 6.92 Å². The fraction of sp³-hybridized carbons (Fsp3) is 0.611. The molecule has 5 nitrogen and oxygen atoms in total. The molecular weight excluding hydrogens is 415 g/mol. The van der Waals surface area contributed by atoms with Crippen LogP contribution in [-0.2, 0) is 0 Å². The fourth-order valence-corrected chi connectivity index (χ4v) is 2.89. The molecule has 1 heterocycles. The van der Waals surface area contributed by atoms with E-state index in [0.717, 1.165) is 25.5 Å². The van der Waals surface area contributed by atoms with E-state index in [1.165, 1.54) is 11.1 Å². The van der Waals surface area contributed by atoms with Gasteiger partial charge in [-0.05, 0) is 39.9 Å². The molecule has 1 aliphatic heterocycles. The van der Waals surface area contributed by atoms with E-state index in [9.17, 15) is 5.11 Å². The lowest BCUT2D eigenvalue weighted by atomic mass is 10.0. The highest BCUT2D eigenvalue weighted by Crippen LogP contribution is 2.19. The second kappa shape index (κ2) is 10.2. The molecule has 1 fully saturated rings. The molecule has 2 N–H and O–H groups in total. The van der Waals surface area contributed by atoms with E-state index >= 15 is 0 Å². The van der Waals surface area contributed by atoms with Crippen molar-refractivity contribution in [2.75, 3.05) is 40.3 Å². The maximum atomic E-state index is 9.75. The fourth-order valence-electron chi connectivity index (χ4n) is 2.89. The SMILES string of the molecule is CCNC(=NCC(c1ccc(C)cc1)N(C)C)N1CC[C@@H](O)C1.I. The lowest BCUT2D eigenvalue weighted by molar-refractivity contribution is 0.187. The average molecular weight is 446 g/mol. The van der Waals surface area contributed by atoms with Crippen molar-refractivity contribution >= 4 is 29.9 Å². The zero-order valence-electron chi connectivity index (χ0n) is 15.2. The summed E-state index contributed by atoms with van der Waals surface area (Å²) in [5.41, 5.74) is 2.55. The summed E-state index contributed by atoms with van der Waals surface area (Å²) in [4.78, 5) is 9.18. The van der Waals surface area contributed by atoms with Crippen LogP contribution < -0.4 is 5.32 Å². The van der Waals surface area contributed by atoms with E-state index in [-0.39, 0.29) is 36.1 Å². The quantitative estimate of drug-likeness (QED) is 0.414. The molecule has 2 atom stereocenters. The van der Waals surface area contributed by atoms with Gasteiger partial charge in [-0.2, -0.15) is 0 Å². The second-order valence-corrected chi connectivity index (χ2v) is 6.47. The summed E-state index contributed by atoms with van der Waals surface area (Å²) < 4.78 is 0. The normalized spacial score (nSPS) is 19.3. The highest BCUT2D eigenvalue weighted by molar-refractivity contribution is 14.0. The van der Waals surface area contributed by atoms with Gasteiger partial charge in [0, 0.05) is 19.6 Å². The monoisotopic (exact) mass is 446 g/mol. The van der Waals surface area contributed by atoms with E-state index in [4.69, 9.17) is 4.99 Å². The number of benzene rings is 1. The van der Waals surface area contributed by atoms with Crippen LogP contribution in [0.5, 0.6) is 0 Å². The van der Waals surface area contributed by atoms with Gasteiger partial charge in [0.15, 0.2) is 5.96 Å². The first-order valence-corrected chi connectivity index (χ1v) is 8.45. The summed E-state index contributed by atoms with van der Waals surface area (Å²) in [5.74, 6) is 0.906. The van der Waals surface area contributed by atoms with Gasteiger partial charge in [0.1, 0.15) is 0 Å². The summed E-state index contributed by atoms with van der Waals surface area (Å²) in [7, 11) is 4.18. The van der Waals surface area contributed by atoms with E-state index in [1.807, 2.05) is 0 Å². The van der Waals surface area contributed by atoms with Crippen molar-refractivity contribution in [1.82, 2.24) is 15.1 Å². The van der Waals surface area contributed by atoms with Crippen molar-refractivity contribution < 1.29 is 5.11 Å². The molecule has 2 rings (SSSR count). The van der Waals surface area contributed by atoms with Crippen LogP contribution in [-0.4, -0.2) is 67.2 Å². The Kier molecular flexibility index (Phi) is 9.01. The molecule has 6 heteroatoms. The summed E-state index contributed by atoms with van der Waals surface area (Å²) >= 11 is 0. The third-order valence-electron chi connectivity index (χ3n) is 4.30. The number of aliphatic hydroxyl groups excluding tert-OH is 1. The van der Waals surface area contributed by atoms with Crippen LogP contribution in [0.1, 0.15) is 30.5 Å². The summed E-state index contributed by atoms with van der Waals surface area (Å²) in [6.07, 6.45) is 0.583. The Hall–Kier alpha value is -0.860. The van der Waals surface area contributed by atoms with Crippen LogP contribution in [0.3, 0.4) is 0 Å². The number of guanidine groups is 1. The third-order valence-corrected chi connectivity index (χ3v) is 4.30. The molecule has 24 heavy (non-hydrogen) atoms. The van der Waals surface area contributed by atoms with Gasteiger partial charge in [0.2, 0.25) is 0 Å². The number of likely N-dealkylation sites (tertiary alicyclic amines) is 1. The Bertz CT molecular complexity index is 518. The molecular formula is C18H31IN4O. The standard InChI is InChI=1S/C18H30N4O.HI/c1-5-19-18(22-11-10-16(23)13-22)20-12-17(21(3)4)15-8-6-14(2)7-9-15;/h6-9,16-17,23H,5,10-13H2,1-4H3,(H,19,20);1H/t16-,17?;/m1./s1. The van der Waals surface area contributed by atoms with Crippen molar-refractivity contribution in [3.63, 3.8) is 0 Å². The maximum Gasteiger partial charge on any atom is 0.194 e. The summed E-state index contributed by atoms with van der Waals surface area (Å²) in [5, 5.41) is 13.1. The van der Waals surface area contributed by atoms with Gasteiger partial charge in [-0.3, -0.25) is 4.99 Å². The molecule has 0 spiro atoms. The van der Waals surface area contributed by atoms with Crippen LogP contribution in [0.25, 0.3) is 0 Å². The molecule has 0 aliphatic carbocycles. The molecule has 1 aliphatic rings. The Balaban J connectivity index is 0.00000288. The number of β-amino-alcohol motifs (C(OH)–C–C–N with tert-alkyl or cyclic N) is 1. The summed E-state index contributed by atoms with van der Waals surface area (Å²) in [6, 6.07) is 8.91. The van der Waals surface area contributed by atoms with Gasteiger partial charge in [-0.15, -0.1) is 24.0 Å². The number of hydrogen-bond acceptors (Lipinski definition) is 3. The first-order valence-electron chi connectivity index (χ1n) is 8.45. The van der Waals surface area contributed by atoms with E-state index in [0.29, 0.717) is 13.1 Å². The number of aliphatic hydroxyl groups is 1. The first kappa shape index (κ1) is 21.2. The third kappa shape index (κ3) is 5.89.